The highest BCUT2D eigenvalue weighted by atomic mass is 127. The molecule has 5 nitrogen and oxygen atoms in total. The Balaban J connectivity index is 0.00000392. The molecule has 0 heterocycles. The van der Waals surface area contributed by atoms with Gasteiger partial charge >= 0.3 is 0 Å². The van der Waals surface area contributed by atoms with Crippen LogP contribution in [0.2, 0.25) is 0 Å². The maximum atomic E-state index is 13.5. The normalized spacial score (nSPS) is 10.8. The van der Waals surface area contributed by atoms with Crippen molar-refractivity contribution in [2.24, 2.45) is 4.99 Å². The van der Waals surface area contributed by atoms with Gasteiger partial charge in [-0.05, 0) is 48.7 Å². The minimum absolute atomic E-state index is 0. The SMILES string of the molecule is CN=C(NCCNC(=O)c1ccc(C)c(F)c1)NCCc1cccc(F)c1.I. The number of nitrogens with zero attached hydrogens (tertiary/aromatic N) is 1. The van der Waals surface area contributed by atoms with Crippen LogP contribution in [0.5, 0.6) is 0 Å². The van der Waals surface area contributed by atoms with E-state index in [-0.39, 0.29) is 41.3 Å². The van der Waals surface area contributed by atoms with E-state index in [1.165, 1.54) is 18.2 Å². The summed E-state index contributed by atoms with van der Waals surface area (Å²) in [7, 11) is 1.64. The number of benzene rings is 2. The Morgan fingerprint density at radius 1 is 1.00 bits per heavy atom. The smallest absolute Gasteiger partial charge is 0.251 e. The van der Waals surface area contributed by atoms with E-state index in [2.05, 4.69) is 20.9 Å². The molecule has 8 heteroatoms. The molecule has 0 spiro atoms. The number of hydrogen-bond acceptors (Lipinski definition) is 2. The summed E-state index contributed by atoms with van der Waals surface area (Å²) in [5.74, 6) is -0.394. The molecule has 3 N–H and O–H groups in total. The Kier molecular flexibility index (Phi) is 10.4. The molecule has 0 aliphatic heterocycles. The third-order valence-corrected chi connectivity index (χ3v) is 3.96. The van der Waals surface area contributed by atoms with Crippen molar-refractivity contribution >= 4 is 35.8 Å². The van der Waals surface area contributed by atoms with Gasteiger partial charge in [0.05, 0.1) is 0 Å². The van der Waals surface area contributed by atoms with E-state index in [4.69, 9.17) is 0 Å². The van der Waals surface area contributed by atoms with E-state index in [9.17, 15) is 13.6 Å². The van der Waals surface area contributed by atoms with Crippen molar-refractivity contribution in [3.8, 4) is 0 Å². The minimum Gasteiger partial charge on any atom is -0.356 e. The van der Waals surface area contributed by atoms with Gasteiger partial charge in [0.25, 0.3) is 5.91 Å². The van der Waals surface area contributed by atoms with Crippen LogP contribution in [0.15, 0.2) is 47.5 Å². The zero-order valence-corrected chi connectivity index (χ0v) is 18.2. The molecule has 28 heavy (non-hydrogen) atoms. The lowest BCUT2D eigenvalue weighted by atomic mass is 10.1. The molecule has 0 aliphatic rings. The summed E-state index contributed by atoms with van der Waals surface area (Å²) in [6.07, 6.45) is 0.661. The number of guanidine groups is 1. The molecular weight excluding hydrogens is 477 g/mol. The van der Waals surface area contributed by atoms with E-state index >= 15 is 0 Å². The molecule has 0 fully saturated rings. The van der Waals surface area contributed by atoms with E-state index in [0.29, 0.717) is 37.6 Å². The Morgan fingerprint density at radius 2 is 1.71 bits per heavy atom. The van der Waals surface area contributed by atoms with Gasteiger partial charge in [-0.2, -0.15) is 0 Å². The fourth-order valence-corrected chi connectivity index (χ4v) is 2.43. The van der Waals surface area contributed by atoms with Crippen molar-refractivity contribution in [1.82, 2.24) is 16.0 Å². The lowest BCUT2D eigenvalue weighted by Gasteiger charge is -2.12. The number of amides is 1. The van der Waals surface area contributed by atoms with Crippen LogP contribution in [-0.2, 0) is 6.42 Å². The molecule has 0 saturated heterocycles. The Morgan fingerprint density at radius 3 is 2.39 bits per heavy atom. The Bertz CT molecular complexity index is 815. The molecule has 0 unspecified atom stereocenters. The monoisotopic (exact) mass is 502 g/mol. The van der Waals surface area contributed by atoms with E-state index in [1.807, 2.05) is 6.07 Å². The molecular formula is C20H25F2IN4O. The molecule has 152 valence electrons. The van der Waals surface area contributed by atoms with E-state index in [0.717, 1.165) is 5.56 Å². The van der Waals surface area contributed by atoms with Crippen molar-refractivity contribution in [3.63, 3.8) is 0 Å². The Labute approximate surface area is 181 Å². The van der Waals surface area contributed by atoms with Gasteiger partial charge in [0.1, 0.15) is 11.6 Å². The highest BCUT2D eigenvalue weighted by molar-refractivity contribution is 14.0. The second-order valence-corrected chi connectivity index (χ2v) is 6.03. The molecule has 1 amide bonds. The van der Waals surface area contributed by atoms with Gasteiger partial charge in [0, 0.05) is 32.2 Å². The second kappa shape index (κ2) is 12.3. The molecule has 0 bridgehead atoms. The minimum atomic E-state index is -0.399. The average Bonchev–Trinajstić information content (AvgIpc) is 2.65. The lowest BCUT2D eigenvalue weighted by molar-refractivity contribution is 0.0954. The summed E-state index contributed by atoms with van der Waals surface area (Å²) < 4.78 is 26.6. The predicted octanol–water partition coefficient (Wildman–Crippen LogP) is 3.03. The summed E-state index contributed by atoms with van der Waals surface area (Å²) in [5, 5.41) is 8.92. The zero-order valence-electron chi connectivity index (χ0n) is 15.9. The Hall–Kier alpha value is -2.23. The van der Waals surface area contributed by atoms with Crippen molar-refractivity contribution < 1.29 is 13.6 Å². The van der Waals surface area contributed by atoms with Crippen molar-refractivity contribution in [2.45, 2.75) is 13.3 Å². The molecule has 2 aromatic carbocycles. The topological polar surface area (TPSA) is 65.5 Å². The number of aliphatic imine (C=N–C) groups is 1. The first-order valence-corrected chi connectivity index (χ1v) is 8.73. The van der Waals surface area contributed by atoms with Crippen LogP contribution in [0.3, 0.4) is 0 Å². The van der Waals surface area contributed by atoms with Gasteiger partial charge < -0.3 is 16.0 Å². The van der Waals surface area contributed by atoms with E-state index < -0.39 is 5.82 Å². The van der Waals surface area contributed by atoms with Crippen molar-refractivity contribution in [2.75, 3.05) is 26.7 Å². The van der Waals surface area contributed by atoms with E-state index in [1.54, 1.807) is 32.2 Å². The van der Waals surface area contributed by atoms with Crippen LogP contribution in [-0.4, -0.2) is 38.5 Å². The van der Waals surface area contributed by atoms with Gasteiger partial charge in [-0.15, -0.1) is 24.0 Å². The first-order chi connectivity index (χ1) is 13.0. The maximum absolute atomic E-state index is 13.5. The molecule has 0 aromatic heterocycles. The van der Waals surface area contributed by atoms with Crippen LogP contribution in [0.4, 0.5) is 8.78 Å². The first-order valence-electron chi connectivity index (χ1n) is 8.73. The van der Waals surface area contributed by atoms with Gasteiger partial charge in [-0.1, -0.05) is 18.2 Å². The first kappa shape index (κ1) is 23.8. The van der Waals surface area contributed by atoms with Gasteiger partial charge in [-0.25, -0.2) is 8.78 Å². The molecule has 0 aliphatic carbocycles. The quantitative estimate of drug-likeness (QED) is 0.236. The molecule has 0 radical (unpaired) electrons. The van der Waals surface area contributed by atoms with Crippen LogP contribution in [0, 0.1) is 18.6 Å². The fourth-order valence-electron chi connectivity index (χ4n) is 2.43. The highest BCUT2D eigenvalue weighted by Crippen LogP contribution is 2.08. The summed E-state index contributed by atoms with van der Waals surface area (Å²) in [4.78, 5) is 16.1. The molecule has 2 aromatic rings. The number of carbonyl (C=O) groups is 1. The molecule has 0 atom stereocenters. The van der Waals surface area contributed by atoms with Gasteiger partial charge in [-0.3, -0.25) is 9.79 Å². The fraction of sp³-hybridized carbons (Fsp3) is 0.300. The van der Waals surface area contributed by atoms with Crippen molar-refractivity contribution in [3.05, 3.63) is 70.8 Å². The van der Waals surface area contributed by atoms with Crippen LogP contribution >= 0.6 is 24.0 Å². The number of halogens is 3. The standard InChI is InChI=1S/C20H24F2N4O.HI/c1-14-6-7-16(13-18(14)22)19(27)24-10-11-26-20(23-2)25-9-8-15-4-3-5-17(21)12-15;/h3-7,12-13H,8-11H2,1-2H3,(H,24,27)(H2,23,25,26);1H. The second-order valence-electron chi connectivity index (χ2n) is 6.03. The van der Waals surface area contributed by atoms with Crippen molar-refractivity contribution in [1.29, 1.82) is 0 Å². The number of hydrogen-bond donors (Lipinski definition) is 3. The van der Waals surface area contributed by atoms with Gasteiger partial charge in [0.2, 0.25) is 0 Å². The maximum Gasteiger partial charge on any atom is 0.251 e. The summed E-state index contributed by atoms with van der Waals surface area (Å²) in [5.41, 5.74) is 1.69. The summed E-state index contributed by atoms with van der Waals surface area (Å²) in [6, 6.07) is 10.9. The van der Waals surface area contributed by atoms with Crippen LogP contribution in [0.25, 0.3) is 0 Å². The lowest BCUT2D eigenvalue weighted by Crippen LogP contribution is -2.42. The largest absolute Gasteiger partial charge is 0.356 e. The zero-order chi connectivity index (χ0) is 19.6. The van der Waals surface area contributed by atoms with Crippen LogP contribution in [0.1, 0.15) is 21.5 Å². The highest BCUT2D eigenvalue weighted by Gasteiger charge is 2.07. The van der Waals surface area contributed by atoms with Crippen LogP contribution < -0.4 is 16.0 Å². The number of carbonyl (C=O) groups excluding carboxylic acids is 1. The number of rotatable bonds is 7. The molecule has 0 saturated carbocycles. The summed E-state index contributed by atoms with van der Waals surface area (Å²) >= 11 is 0. The average molecular weight is 502 g/mol. The summed E-state index contributed by atoms with van der Waals surface area (Å²) in [6.45, 7) is 3.06. The third kappa shape index (κ3) is 7.79. The predicted molar refractivity (Wildman–Crippen MR) is 118 cm³/mol. The number of nitrogens with one attached hydrogen (secondary N) is 3. The third-order valence-electron chi connectivity index (χ3n) is 3.96. The molecule has 2 rings (SSSR count). The number of aryl methyl sites for hydroxylation is 1. The van der Waals surface area contributed by atoms with Gasteiger partial charge in [0.15, 0.2) is 5.96 Å².